The number of methoxy groups -OCH3 is 1. The number of hydrogen-bond donors (Lipinski definition) is 1. The highest BCUT2D eigenvalue weighted by Gasteiger charge is 2.35. The molecule has 1 aromatic carbocycles. The van der Waals surface area contributed by atoms with Gasteiger partial charge in [0.25, 0.3) is 0 Å². The Hall–Kier alpha value is -2.55. The average Bonchev–Trinajstić information content (AvgIpc) is 2.86. The smallest absolute Gasteiger partial charge is 0.227 e. The summed E-state index contributed by atoms with van der Waals surface area (Å²) in [6.45, 7) is 0.259. The van der Waals surface area contributed by atoms with Gasteiger partial charge in [-0.1, -0.05) is 12.1 Å². The molecular weight excluding hydrogens is 258 g/mol. The molecule has 1 fully saturated rings. The Morgan fingerprint density at radius 2 is 2.30 bits per heavy atom. The molecule has 6 heteroatoms. The molecule has 0 aliphatic carbocycles. The Labute approximate surface area is 116 Å². The van der Waals surface area contributed by atoms with Crippen molar-refractivity contribution < 1.29 is 14.3 Å². The topological polar surface area (TPSA) is 82.4 Å². The molecule has 0 bridgehead atoms. The first-order chi connectivity index (χ1) is 9.67. The number of para-hydroxylation sites is 2. The fourth-order valence-electron chi connectivity index (χ4n) is 2.24. The molecule has 20 heavy (non-hydrogen) atoms. The first kappa shape index (κ1) is 13.9. The van der Waals surface area contributed by atoms with Gasteiger partial charge in [0.1, 0.15) is 12.3 Å². The van der Waals surface area contributed by atoms with Crippen LogP contribution in [0.25, 0.3) is 0 Å². The van der Waals surface area contributed by atoms with Crippen molar-refractivity contribution in [3.8, 4) is 11.8 Å². The molecule has 2 amide bonds. The third-order valence-corrected chi connectivity index (χ3v) is 3.21. The molecule has 0 aromatic heterocycles. The summed E-state index contributed by atoms with van der Waals surface area (Å²) in [5.74, 6) is -0.219. The van der Waals surface area contributed by atoms with E-state index in [4.69, 9.17) is 10.00 Å². The van der Waals surface area contributed by atoms with Crippen molar-refractivity contribution in [3.63, 3.8) is 0 Å². The number of rotatable bonds is 4. The SMILES string of the molecule is COc1ccccc1N1C[C@H](C(=O)NCC#N)CC1=O. The Morgan fingerprint density at radius 3 is 3.00 bits per heavy atom. The predicted octanol–water partition coefficient (Wildman–Crippen LogP) is 0.688. The molecule has 1 atom stereocenters. The summed E-state index contributed by atoms with van der Waals surface area (Å²) in [6.07, 6.45) is 0.148. The fraction of sp³-hybridized carbons (Fsp3) is 0.357. The summed E-state index contributed by atoms with van der Waals surface area (Å²) in [7, 11) is 1.54. The van der Waals surface area contributed by atoms with Gasteiger partial charge in [0, 0.05) is 13.0 Å². The lowest BCUT2D eigenvalue weighted by Gasteiger charge is -2.19. The van der Waals surface area contributed by atoms with E-state index in [0.29, 0.717) is 18.0 Å². The number of anilines is 1. The van der Waals surface area contributed by atoms with Crippen molar-refractivity contribution in [3.05, 3.63) is 24.3 Å². The zero-order valence-corrected chi connectivity index (χ0v) is 11.1. The molecule has 104 valence electrons. The van der Waals surface area contributed by atoms with E-state index in [1.807, 2.05) is 18.2 Å². The van der Waals surface area contributed by atoms with Gasteiger partial charge in [-0.3, -0.25) is 9.59 Å². The molecule has 0 spiro atoms. The summed E-state index contributed by atoms with van der Waals surface area (Å²) in [6, 6.07) is 9.03. The Morgan fingerprint density at radius 1 is 1.55 bits per heavy atom. The van der Waals surface area contributed by atoms with Gasteiger partial charge in [-0.15, -0.1) is 0 Å². The first-order valence-corrected chi connectivity index (χ1v) is 6.25. The van der Waals surface area contributed by atoms with Crippen LogP contribution < -0.4 is 15.0 Å². The molecule has 1 heterocycles. The number of amides is 2. The number of carbonyl (C=O) groups excluding carboxylic acids is 2. The number of nitriles is 1. The summed E-state index contributed by atoms with van der Waals surface area (Å²) < 4.78 is 5.23. The van der Waals surface area contributed by atoms with Crippen LogP contribution in [0.4, 0.5) is 5.69 Å². The van der Waals surface area contributed by atoms with Crippen molar-refractivity contribution in [2.45, 2.75) is 6.42 Å². The van der Waals surface area contributed by atoms with Crippen molar-refractivity contribution in [1.82, 2.24) is 5.32 Å². The second-order valence-corrected chi connectivity index (χ2v) is 4.45. The number of nitrogens with zero attached hydrogens (tertiary/aromatic N) is 2. The largest absolute Gasteiger partial charge is 0.495 e. The quantitative estimate of drug-likeness (QED) is 0.818. The number of hydrogen-bond acceptors (Lipinski definition) is 4. The highest BCUT2D eigenvalue weighted by molar-refractivity contribution is 6.01. The van der Waals surface area contributed by atoms with Crippen LogP contribution in [-0.2, 0) is 9.59 Å². The van der Waals surface area contributed by atoms with Gasteiger partial charge >= 0.3 is 0 Å². The van der Waals surface area contributed by atoms with Crippen molar-refractivity contribution >= 4 is 17.5 Å². The third-order valence-electron chi connectivity index (χ3n) is 3.21. The molecule has 1 aromatic rings. The lowest BCUT2D eigenvalue weighted by molar-refractivity contribution is -0.126. The summed E-state index contributed by atoms with van der Waals surface area (Å²) in [4.78, 5) is 25.4. The molecule has 0 unspecified atom stereocenters. The second-order valence-electron chi connectivity index (χ2n) is 4.45. The molecule has 0 saturated carbocycles. The molecule has 1 aliphatic heterocycles. The molecule has 1 aliphatic rings. The minimum absolute atomic E-state index is 0.0435. The van der Waals surface area contributed by atoms with Gasteiger partial charge in [0.2, 0.25) is 11.8 Å². The van der Waals surface area contributed by atoms with E-state index in [0.717, 1.165) is 0 Å². The number of carbonyl (C=O) groups is 2. The minimum Gasteiger partial charge on any atom is -0.495 e. The number of benzene rings is 1. The summed E-state index contributed by atoms with van der Waals surface area (Å²) in [5, 5.41) is 10.9. The van der Waals surface area contributed by atoms with Gasteiger partial charge in [-0.25, -0.2) is 0 Å². The number of ether oxygens (including phenoxy) is 1. The maximum absolute atomic E-state index is 12.1. The Bertz CT molecular complexity index is 565. The normalized spacial score (nSPS) is 17.7. The van der Waals surface area contributed by atoms with Crippen molar-refractivity contribution in [1.29, 1.82) is 5.26 Å². The molecule has 2 rings (SSSR count). The van der Waals surface area contributed by atoms with Crippen LogP contribution in [0.15, 0.2) is 24.3 Å². The van der Waals surface area contributed by atoms with Crippen molar-refractivity contribution in [2.24, 2.45) is 5.92 Å². The van der Waals surface area contributed by atoms with E-state index in [2.05, 4.69) is 5.32 Å². The fourth-order valence-corrected chi connectivity index (χ4v) is 2.24. The lowest BCUT2D eigenvalue weighted by Crippen LogP contribution is -2.33. The molecule has 6 nitrogen and oxygen atoms in total. The molecule has 1 N–H and O–H groups in total. The lowest BCUT2D eigenvalue weighted by atomic mass is 10.1. The van der Waals surface area contributed by atoms with E-state index < -0.39 is 5.92 Å². The first-order valence-electron chi connectivity index (χ1n) is 6.25. The van der Waals surface area contributed by atoms with Crippen LogP contribution in [0, 0.1) is 17.2 Å². The molecule has 0 radical (unpaired) electrons. The monoisotopic (exact) mass is 273 g/mol. The molecular formula is C14H15N3O3. The van der Waals surface area contributed by atoms with Gasteiger partial charge in [-0.2, -0.15) is 5.26 Å². The van der Waals surface area contributed by atoms with Crippen LogP contribution in [0.1, 0.15) is 6.42 Å². The standard InChI is InChI=1S/C14H15N3O3/c1-20-12-5-3-2-4-11(12)17-9-10(8-13(17)18)14(19)16-7-6-15/h2-5,10H,7-9H2,1H3,(H,16,19)/t10-/m1/s1. The maximum Gasteiger partial charge on any atom is 0.227 e. The van der Waals surface area contributed by atoms with Gasteiger partial charge < -0.3 is 15.0 Å². The van der Waals surface area contributed by atoms with E-state index in [-0.39, 0.29) is 24.8 Å². The van der Waals surface area contributed by atoms with E-state index in [1.54, 1.807) is 17.0 Å². The van der Waals surface area contributed by atoms with E-state index in [1.165, 1.54) is 7.11 Å². The highest BCUT2D eigenvalue weighted by Crippen LogP contribution is 2.32. The van der Waals surface area contributed by atoms with E-state index >= 15 is 0 Å². The van der Waals surface area contributed by atoms with Gasteiger partial charge in [0.05, 0.1) is 24.8 Å². The van der Waals surface area contributed by atoms with Crippen LogP contribution in [-0.4, -0.2) is 32.0 Å². The predicted molar refractivity (Wildman–Crippen MR) is 72.1 cm³/mol. The highest BCUT2D eigenvalue weighted by atomic mass is 16.5. The maximum atomic E-state index is 12.1. The third kappa shape index (κ3) is 2.72. The van der Waals surface area contributed by atoms with E-state index in [9.17, 15) is 9.59 Å². The minimum atomic E-state index is -0.430. The van der Waals surface area contributed by atoms with Crippen LogP contribution in [0.5, 0.6) is 5.75 Å². The zero-order valence-electron chi connectivity index (χ0n) is 11.1. The average molecular weight is 273 g/mol. The molecule has 1 saturated heterocycles. The van der Waals surface area contributed by atoms with Crippen molar-refractivity contribution in [2.75, 3.05) is 25.1 Å². The van der Waals surface area contributed by atoms with Gasteiger partial charge in [-0.05, 0) is 12.1 Å². The Kier molecular flexibility index (Phi) is 4.20. The Balaban J connectivity index is 2.13. The zero-order chi connectivity index (χ0) is 14.5. The van der Waals surface area contributed by atoms with Crippen LogP contribution in [0.2, 0.25) is 0 Å². The van der Waals surface area contributed by atoms with Crippen LogP contribution >= 0.6 is 0 Å². The summed E-state index contributed by atoms with van der Waals surface area (Å²) >= 11 is 0. The number of nitrogens with one attached hydrogen (secondary N) is 1. The van der Waals surface area contributed by atoms with Crippen LogP contribution in [0.3, 0.4) is 0 Å². The van der Waals surface area contributed by atoms with Gasteiger partial charge in [0.15, 0.2) is 0 Å². The summed E-state index contributed by atoms with van der Waals surface area (Å²) in [5.41, 5.74) is 0.663. The second kappa shape index (κ2) is 6.06.